The van der Waals surface area contributed by atoms with Crippen LogP contribution in [0.3, 0.4) is 0 Å². The van der Waals surface area contributed by atoms with E-state index in [1.807, 2.05) is 12.1 Å². The number of aliphatic hydroxyl groups excluding tert-OH is 3. The van der Waals surface area contributed by atoms with Crippen molar-refractivity contribution in [3.63, 3.8) is 0 Å². The average molecular weight is 449 g/mol. The molecular formula is C26H28N2O5. The zero-order valence-electron chi connectivity index (χ0n) is 18.6. The average Bonchev–Trinajstić information content (AvgIpc) is 3.28. The Labute approximate surface area is 192 Å². The number of fused-ring (bicyclic) bond motifs is 1. The van der Waals surface area contributed by atoms with E-state index in [-0.39, 0.29) is 12.7 Å². The largest absolute Gasteiger partial charge is 0.421 e. The summed E-state index contributed by atoms with van der Waals surface area (Å²) in [6.45, 7) is 3.37. The molecule has 1 aliphatic heterocycles. The highest BCUT2D eigenvalue weighted by Crippen LogP contribution is 2.28. The van der Waals surface area contributed by atoms with Crippen LogP contribution in [0.2, 0.25) is 0 Å². The standard InChI is InChI=1S/C19H14N2O.C7H14O4/c1-13-20-21-19(22-13)18-10-9-16-11-15(7-8-17(16)12-18)14-5-3-2-4-6-14;1-4-7(10)6(9)2-5(3-8)11-4/h2-12H,1H3;4-10H,2-3H2,1H3/t;4-,5?,6?,7?/m.1/s1. The van der Waals surface area contributed by atoms with Crippen LogP contribution in [0.5, 0.6) is 0 Å². The highest BCUT2D eigenvalue weighted by Gasteiger charge is 2.33. The Morgan fingerprint density at radius 2 is 1.55 bits per heavy atom. The smallest absolute Gasteiger partial charge is 0.247 e. The third-order valence-electron chi connectivity index (χ3n) is 5.71. The van der Waals surface area contributed by atoms with Gasteiger partial charge in [0, 0.05) is 18.9 Å². The van der Waals surface area contributed by atoms with Crippen molar-refractivity contribution in [2.45, 2.75) is 44.7 Å². The van der Waals surface area contributed by atoms with Gasteiger partial charge < -0.3 is 24.5 Å². The molecule has 1 saturated heterocycles. The fourth-order valence-electron chi connectivity index (χ4n) is 3.88. The summed E-state index contributed by atoms with van der Waals surface area (Å²) in [5, 5.41) is 37.4. The van der Waals surface area contributed by atoms with Crippen LogP contribution in [0.4, 0.5) is 0 Å². The number of hydrogen-bond acceptors (Lipinski definition) is 7. The SMILES string of the molecule is C[C@H]1OC(CO)CC(O)C1O.Cc1nnc(-c2ccc3cc(-c4ccccc4)ccc3c2)o1. The second-order valence-electron chi connectivity index (χ2n) is 8.21. The molecule has 4 atom stereocenters. The van der Waals surface area contributed by atoms with Gasteiger partial charge in [-0.1, -0.05) is 48.5 Å². The van der Waals surface area contributed by atoms with E-state index in [0.717, 1.165) is 10.9 Å². The lowest BCUT2D eigenvalue weighted by Gasteiger charge is -2.34. The van der Waals surface area contributed by atoms with Crippen molar-refractivity contribution in [1.82, 2.24) is 10.2 Å². The number of benzene rings is 3. The first-order valence-electron chi connectivity index (χ1n) is 11.0. The lowest BCUT2D eigenvalue weighted by atomic mass is 9.99. The predicted molar refractivity (Wildman–Crippen MR) is 125 cm³/mol. The van der Waals surface area contributed by atoms with Gasteiger partial charge in [-0.15, -0.1) is 10.2 Å². The molecule has 33 heavy (non-hydrogen) atoms. The van der Waals surface area contributed by atoms with Crippen LogP contribution in [0.1, 0.15) is 19.2 Å². The zero-order chi connectivity index (χ0) is 23.4. The molecule has 1 aliphatic rings. The summed E-state index contributed by atoms with van der Waals surface area (Å²) in [7, 11) is 0. The van der Waals surface area contributed by atoms with E-state index in [0.29, 0.717) is 18.2 Å². The predicted octanol–water partition coefficient (Wildman–Crippen LogP) is 3.74. The van der Waals surface area contributed by atoms with Crippen LogP contribution in [0, 0.1) is 6.92 Å². The van der Waals surface area contributed by atoms with E-state index in [1.54, 1.807) is 13.8 Å². The van der Waals surface area contributed by atoms with Crippen LogP contribution in [-0.2, 0) is 4.74 Å². The number of aryl methyl sites for hydroxylation is 1. The molecule has 3 unspecified atom stereocenters. The fraction of sp³-hybridized carbons (Fsp3) is 0.308. The van der Waals surface area contributed by atoms with Gasteiger partial charge in [0.1, 0.15) is 6.10 Å². The molecule has 3 N–H and O–H groups in total. The number of hydrogen-bond donors (Lipinski definition) is 3. The minimum absolute atomic E-state index is 0.103. The first kappa shape index (κ1) is 23.1. The lowest BCUT2D eigenvalue weighted by Crippen LogP contribution is -2.47. The van der Waals surface area contributed by atoms with Crippen LogP contribution < -0.4 is 0 Å². The molecule has 172 valence electrons. The van der Waals surface area contributed by atoms with Gasteiger partial charge in [-0.05, 0) is 47.0 Å². The monoisotopic (exact) mass is 448 g/mol. The maximum absolute atomic E-state index is 9.21. The van der Waals surface area contributed by atoms with Crippen LogP contribution in [-0.4, -0.2) is 56.5 Å². The molecular weight excluding hydrogens is 420 g/mol. The van der Waals surface area contributed by atoms with Crippen LogP contribution >= 0.6 is 0 Å². The minimum atomic E-state index is -0.821. The van der Waals surface area contributed by atoms with E-state index in [9.17, 15) is 10.2 Å². The second kappa shape index (κ2) is 10.2. The molecule has 0 saturated carbocycles. The Morgan fingerprint density at radius 1 is 0.879 bits per heavy atom. The third kappa shape index (κ3) is 5.46. The maximum atomic E-state index is 9.21. The van der Waals surface area contributed by atoms with E-state index in [4.69, 9.17) is 14.3 Å². The van der Waals surface area contributed by atoms with Crippen molar-refractivity contribution in [2.24, 2.45) is 0 Å². The zero-order valence-corrected chi connectivity index (χ0v) is 18.6. The highest BCUT2D eigenvalue weighted by atomic mass is 16.5. The molecule has 0 bridgehead atoms. The van der Waals surface area contributed by atoms with Crippen LogP contribution in [0.15, 0.2) is 71.1 Å². The summed E-state index contributed by atoms with van der Waals surface area (Å²) >= 11 is 0. The summed E-state index contributed by atoms with van der Waals surface area (Å²) < 4.78 is 10.6. The van der Waals surface area contributed by atoms with Crippen molar-refractivity contribution in [3.8, 4) is 22.6 Å². The first-order valence-corrected chi connectivity index (χ1v) is 11.0. The minimum Gasteiger partial charge on any atom is -0.421 e. The summed E-state index contributed by atoms with van der Waals surface area (Å²) in [5.74, 6) is 1.14. The molecule has 0 amide bonds. The molecule has 0 spiro atoms. The van der Waals surface area contributed by atoms with Gasteiger partial charge in [0.25, 0.3) is 0 Å². The van der Waals surface area contributed by atoms with Gasteiger partial charge >= 0.3 is 0 Å². The molecule has 5 rings (SSSR count). The molecule has 3 aromatic carbocycles. The molecule has 1 fully saturated rings. The molecule has 4 aromatic rings. The van der Waals surface area contributed by atoms with E-state index < -0.39 is 18.3 Å². The van der Waals surface area contributed by atoms with Crippen molar-refractivity contribution >= 4 is 10.8 Å². The Hall–Kier alpha value is -3.10. The van der Waals surface area contributed by atoms with Gasteiger partial charge in [0.05, 0.1) is 24.9 Å². The third-order valence-corrected chi connectivity index (χ3v) is 5.71. The Balaban J connectivity index is 0.000000200. The fourth-order valence-corrected chi connectivity index (χ4v) is 3.88. The van der Waals surface area contributed by atoms with Crippen molar-refractivity contribution in [2.75, 3.05) is 6.61 Å². The number of ether oxygens (including phenoxy) is 1. The van der Waals surface area contributed by atoms with Crippen molar-refractivity contribution < 1.29 is 24.5 Å². The number of nitrogens with zero attached hydrogens (tertiary/aromatic N) is 2. The van der Waals surface area contributed by atoms with E-state index in [2.05, 4.69) is 64.8 Å². The summed E-state index contributed by atoms with van der Waals surface area (Å²) in [6, 6.07) is 23.0. The van der Waals surface area contributed by atoms with Gasteiger partial charge in [-0.25, -0.2) is 0 Å². The highest BCUT2D eigenvalue weighted by molar-refractivity contribution is 5.90. The van der Waals surface area contributed by atoms with Gasteiger partial charge in [0.2, 0.25) is 11.8 Å². The van der Waals surface area contributed by atoms with E-state index >= 15 is 0 Å². The molecule has 2 heterocycles. The topological polar surface area (TPSA) is 109 Å². The van der Waals surface area contributed by atoms with Gasteiger partial charge in [-0.3, -0.25) is 0 Å². The summed E-state index contributed by atoms with van der Waals surface area (Å²) in [6.07, 6.45) is -2.00. The Morgan fingerprint density at radius 3 is 2.15 bits per heavy atom. The molecule has 0 radical (unpaired) electrons. The number of aromatic nitrogens is 2. The molecule has 7 heteroatoms. The van der Waals surface area contributed by atoms with E-state index in [1.165, 1.54) is 16.5 Å². The van der Waals surface area contributed by atoms with Crippen LogP contribution in [0.25, 0.3) is 33.4 Å². The quantitative estimate of drug-likeness (QED) is 0.438. The number of aliphatic hydroxyl groups is 3. The van der Waals surface area contributed by atoms with Crippen molar-refractivity contribution in [1.29, 1.82) is 0 Å². The second-order valence-corrected chi connectivity index (χ2v) is 8.21. The summed E-state index contributed by atoms with van der Waals surface area (Å²) in [5.41, 5.74) is 3.39. The Kier molecular flexibility index (Phi) is 7.15. The first-order chi connectivity index (χ1) is 15.9. The Bertz CT molecular complexity index is 1180. The van der Waals surface area contributed by atoms with Gasteiger partial charge in [0.15, 0.2) is 0 Å². The maximum Gasteiger partial charge on any atom is 0.247 e. The molecule has 7 nitrogen and oxygen atoms in total. The van der Waals surface area contributed by atoms with Crippen molar-refractivity contribution in [3.05, 3.63) is 72.6 Å². The normalized spacial score (nSPS) is 22.6. The molecule has 1 aromatic heterocycles. The number of rotatable bonds is 3. The lowest BCUT2D eigenvalue weighted by molar-refractivity contribution is -0.170. The van der Waals surface area contributed by atoms with Gasteiger partial charge in [-0.2, -0.15) is 0 Å². The summed E-state index contributed by atoms with van der Waals surface area (Å²) in [4.78, 5) is 0. The molecule has 0 aliphatic carbocycles.